The van der Waals surface area contributed by atoms with Crippen LogP contribution in [0.5, 0.6) is 0 Å². The molecule has 0 unspecified atom stereocenters. The SMILES string of the molecule is CC(C)[C@H](CS(=O)(=O)C(C)(C)C)N1C(=O)CO[C@H](c2cccc(Cl)c2)[C@H]1c1ccc(Cl)cc1. The average molecular weight is 512 g/mol. The number of carbonyl (C=O) groups excluding carboxylic acids is 1. The fourth-order valence-electron chi connectivity index (χ4n) is 4.05. The van der Waals surface area contributed by atoms with Crippen molar-refractivity contribution in [3.8, 4) is 0 Å². The lowest BCUT2D eigenvalue weighted by Crippen LogP contribution is -2.55. The van der Waals surface area contributed by atoms with Crippen LogP contribution in [-0.4, -0.2) is 42.4 Å². The molecule has 1 heterocycles. The second kappa shape index (κ2) is 9.95. The summed E-state index contributed by atoms with van der Waals surface area (Å²) < 4.78 is 31.5. The predicted octanol–water partition coefficient (Wildman–Crippen LogP) is 5.87. The van der Waals surface area contributed by atoms with Crippen molar-refractivity contribution >= 4 is 38.9 Å². The van der Waals surface area contributed by atoms with E-state index in [-0.39, 0.29) is 24.2 Å². The first-order valence-corrected chi connectivity index (χ1v) is 13.4. The number of carbonyl (C=O) groups is 1. The number of hydrogen-bond acceptors (Lipinski definition) is 4. The Balaban J connectivity index is 2.15. The number of amides is 1. The van der Waals surface area contributed by atoms with Crippen molar-refractivity contribution in [3.05, 3.63) is 69.7 Å². The monoisotopic (exact) mass is 511 g/mol. The van der Waals surface area contributed by atoms with Crippen LogP contribution in [0.15, 0.2) is 48.5 Å². The summed E-state index contributed by atoms with van der Waals surface area (Å²) in [4.78, 5) is 15.0. The van der Waals surface area contributed by atoms with Crippen LogP contribution >= 0.6 is 23.2 Å². The predicted molar refractivity (Wildman–Crippen MR) is 133 cm³/mol. The third kappa shape index (κ3) is 5.73. The van der Waals surface area contributed by atoms with Crippen LogP contribution in [0.4, 0.5) is 0 Å². The second-order valence-corrected chi connectivity index (χ2v) is 13.4. The minimum absolute atomic E-state index is 0.0982. The molecule has 180 valence electrons. The van der Waals surface area contributed by atoms with E-state index in [4.69, 9.17) is 27.9 Å². The Bertz CT molecular complexity index is 1090. The van der Waals surface area contributed by atoms with Gasteiger partial charge in [0, 0.05) is 16.1 Å². The summed E-state index contributed by atoms with van der Waals surface area (Å²) in [5.41, 5.74) is 1.64. The quantitative estimate of drug-likeness (QED) is 0.486. The van der Waals surface area contributed by atoms with Crippen LogP contribution in [0.1, 0.15) is 57.9 Å². The van der Waals surface area contributed by atoms with E-state index in [9.17, 15) is 13.2 Å². The van der Waals surface area contributed by atoms with Gasteiger partial charge in [-0.1, -0.05) is 61.3 Å². The number of sulfone groups is 1. The molecule has 0 bridgehead atoms. The van der Waals surface area contributed by atoms with Gasteiger partial charge in [0.05, 0.1) is 16.5 Å². The van der Waals surface area contributed by atoms with E-state index in [1.807, 2.05) is 44.2 Å². The highest BCUT2D eigenvalue weighted by atomic mass is 35.5. The largest absolute Gasteiger partial charge is 0.361 e. The highest BCUT2D eigenvalue weighted by molar-refractivity contribution is 7.92. The van der Waals surface area contributed by atoms with Gasteiger partial charge in [-0.15, -0.1) is 0 Å². The lowest BCUT2D eigenvalue weighted by atomic mass is 9.90. The Hall–Kier alpha value is -1.60. The molecule has 33 heavy (non-hydrogen) atoms. The van der Waals surface area contributed by atoms with Gasteiger partial charge in [0.1, 0.15) is 12.7 Å². The van der Waals surface area contributed by atoms with Gasteiger partial charge in [-0.25, -0.2) is 8.42 Å². The molecule has 3 atom stereocenters. The van der Waals surface area contributed by atoms with E-state index in [0.29, 0.717) is 10.0 Å². The maximum Gasteiger partial charge on any atom is 0.249 e. The molecule has 0 spiro atoms. The number of nitrogens with zero attached hydrogens (tertiary/aromatic N) is 1. The number of rotatable bonds is 6. The summed E-state index contributed by atoms with van der Waals surface area (Å²) in [5.74, 6) is -0.471. The van der Waals surface area contributed by atoms with Gasteiger partial charge in [0.2, 0.25) is 5.91 Å². The van der Waals surface area contributed by atoms with E-state index < -0.39 is 32.8 Å². The van der Waals surface area contributed by atoms with Crippen LogP contribution in [0.25, 0.3) is 0 Å². The summed E-state index contributed by atoms with van der Waals surface area (Å²) in [6.07, 6.45) is -0.513. The smallest absolute Gasteiger partial charge is 0.249 e. The van der Waals surface area contributed by atoms with Gasteiger partial charge in [0.15, 0.2) is 9.84 Å². The molecule has 3 rings (SSSR count). The van der Waals surface area contributed by atoms with Gasteiger partial charge in [0.25, 0.3) is 0 Å². The first-order valence-electron chi connectivity index (χ1n) is 11.0. The Morgan fingerprint density at radius 3 is 2.21 bits per heavy atom. The van der Waals surface area contributed by atoms with Gasteiger partial charge in [-0.05, 0) is 62.1 Å². The topological polar surface area (TPSA) is 63.7 Å². The first kappa shape index (κ1) is 26.0. The fourth-order valence-corrected chi connectivity index (χ4v) is 5.87. The van der Waals surface area contributed by atoms with Crippen molar-refractivity contribution in [1.29, 1.82) is 0 Å². The van der Waals surface area contributed by atoms with Gasteiger partial charge in [-0.3, -0.25) is 4.79 Å². The average Bonchev–Trinajstić information content (AvgIpc) is 2.72. The fraction of sp³-hybridized carbons (Fsp3) is 0.480. The van der Waals surface area contributed by atoms with Crippen LogP contribution in [0.3, 0.4) is 0 Å². The second-order valence-electron chi connectivity index (χ2n) is 9.79. The zero-order chi connectivity index (χ0) is 24.6. The molecule has 0 N–H and O–H groups in total. The minimum Gasteiger partial charge on any atom is -0.361 e. The summed E-state index contributed by atoms with van der Waals surface area (Å²) >= 11 is 12.4. The molecule has 8 heteroatoms. The Labute approximate surface area is 206 Å². The van der Waals surface area contributed by atoms with Crippen molar-refractivity contribution in [2.75, 3.05) is 12.4 Å². The third-order valence-corrected chi connectivity index (χ3v) is 9.23. The number of benzene rings is 2. The highest BCUT2D eigenvalue weighted by Crippen LogP contribution is 2.43. The Morgan fingerprint density at radius 2 is 1.67 bits per heavy atom. The van der Waals surface area contributed by atoms with Crippen LogP contribution < -0.4 is 0 Å². The van der Waals surface area contributed by atoms with Gasteiger partial charge >= 0.3 is 0 Å². The molecule has 1 saturated heterocycles. The standard InChI is InChI=1S/C25H31Cl2NO4S/c1-16(2)21(15-33(30,31)25(3,4)5)28-22(29)14-32-24(18-7-6-8-20(27)13-18)23(28)17-9-11-19(26)12-10-17/h6-13,16,21,23-24H,14-15H2,1-5H3/t21-,23+,24+/m0/s1. The molecule has 0 aliphatic carbocycles. The highest BCUT2D eigenvalue weighted by Gasteiger charge is 2.45. The number of halogens is 2. The van der Waals surface area contributed by atoms with E-state index in [0.717, 1.165) is 11.1 Å². The van der Waals surface area contributed by atoms with Gasteiger partial charge in [-0.2, -0.15) is 0 Å². The summed E-state index contributed by atoms with van der Waals surface area (Å²) in [5, 5.41) is 1.13. The molecular weight excluding hydrogens is 481 g/mol. The lowest BCUT2D eigenvalue weighted by molar-refractivity contribution is -0.164. The van der Waals surface area contributed by atoms with E-state index >= 15 is 0 Å². The van der Waals surface area contributed by atoms with Crippen LogP contribution in [-0.2, 0) is 19.4 Å². The summed E-state index contributed by atoms with van der Waals surface area (Å²) in [6, 6.07) is 13.5. The first-order chi connectivity index (χ1) is 15.3. The summed E-state index contributed by atoms with van der Waals surface area (Å²) in [7, 11) is -3.49. The van der Waals surface area contributed by atoms with Crippen molar-refractivity contribution in [2.45, 2.75) is 57.6 Å². The molecule has 2 aromatic carbocycles. The molecule has 1 fully saturated rings. The van der Waals surface area contributed by atoms with Crippen LogP contribution in [0.2, 0.25) is 10.0 Å². The van der Waals surface area contributed by atoms with E-state index in [1.54, 1.807) is 43.9 Å². The van der Waals surface area contributed by atoms with Crippen molar-refractivity contribution in [1.82, 2.24) is 4.90 Å². The lowest BCUT2D eigenvalue weighted by Gasteiger charge is -2.47. The maximum atomic E-state index is 13.3. The normalized spacial score (nSPS) is 20.8. The van der Waals surface area contributed by atoms with Crippen molar-refractivity contribution in [2.24, 2.45) is 5.92 Å². The third-order valence-electron chi connectivity index (χ3n) is 6.10. The van der Waals surface area contributed by atoms with Crippen molar-refractivity contribution < 1.29 is 17.9 Å². The van der Waals surface area contributed by atoms with E-state index in [1.165, 1.54) is 0 Å². The molecule has 1 amide bonds. The zero-order valence-electron chi connectivity index (χ0n) is 19.6. The van der Waals surface area contributed by atoms with E-state index in [2.05, 4.69) is 0 Å². The number of hydrogen-bond donors (Lipinski definition) is 0. The molecule has 2 aromatic rings. The molecule has 1 aliphatic heterocycles. The maximum absolute atomic E-state index is 13.3. The zero-order valence-corrected chi connectivity index (χ0v) is 21.9. The minimum atomic E-state index is -3.49. The van der Waals surface area contributed by atoms with Crippen molar-refractivity contribution in [3.63, 3.8) is 0 Å². The number of morpholine rings is 1. The molecule has 1 aliphatic rings. The molecule has 0 saturated carbocycles. The Morgan fingerprint density at radius 1 is 1.03 bits per heavy atom. The van der Waals surface area contributed by atoms with Gasteiger partial charge < -0.3 is 9.64 Å². The molecule has 0 radical (unpaired) electrons. The number of ether oxygens (including phenoxy) is 1. The molecular formula is C25H31Cl2NO4S. The summed E-state index contributed by atoms with van der Waals surface area (Å²) in [6.45, 7) is 8.81. The van der Waals surface area contributed by atoms with Crippen LogP contribution in [0, 0.1) is 5.92 Å². The molecule has 5 nitrogen and oxygen atoms in total. The Kier molecular flexibility index (Phi) is 7.84. The molecule has 0 aromatic heterocycles.